The Morgan fingerprint density at radius 2 is 2.12 bits per heavy atom. The zero-order valence-electron chi connectivity index (χ0n) is 11.4. The fraction of sp³-hybridized carbons (Fsp3) is 0.571. The summed E-state index contributed by atoms with van der Waals surface area (Å²) in [5.74, 6) is 0. The van der Waals surface area contributed by atoms with E-state index in [9.17, 15) is 0 Å². The van der Waals surface area contributed by atoms with Crippen molar-refractivity contribution in [1.29, 1.82) is 0 Å². The van der Waals surface area contributed by atoms with Crippen LogP contribution in [0.5, 0.6) is 0 Å². The number of likely N-dealkylation sites (N-methyl/N-ethyl adjacent to an activating group) is 1. The molecule has 0 aliphatic rings. The molecular weight excluding hydrogens is 212 g/mol. The lowest BCUT2D eigenvalue weighted by atomic mass is 10.1. The molecule has 0 bridgehead atoms. The van der Waals surface area contributed by atoms with Crippen LogP contribution in [0.2, 0.25) is 0 Å². The average Bonchev–Trinajstić information content (AvgIpc) is 2.30. The molecule has 3 nitrogen and oxygen atoms in total. The molecule has 1 aromatic rings. The lowest BCUT2D eigenvalue weighted by Crippen LogP contribution is -2.36. The second kappa shape index (κ2) is 6.62. The van der Waals surface area contributed by atoms with Crippen molar-refractivity contribution in [2.75, 3.05) is 25.2 Å². The van der Waals surface area contributed by atoms with Crippen LogP contribution in [0.4, 0.5) is 5.69 Å². The molecule has 0 aliphatic carbocycles. The standard InChI is InChI=1S/C14H24N2O/c1-5-16(12(3)10-17-4)14-7-6-13(9-15)11(2)8-14/h6-8,12H,5,9-10,15H2,1-4H3. The molecular formula is C14H24N2O. The highest BCUT2D eigenvalue weighted by Gasteiger charge is 2.13. The molecule has 0 saturated heterocycles. The van der Waals surface area contributed by atoms with Crippen molar-refractivity contribution in [3.8, 4) is 0 Å². The summed E-state index contributed by atoms with van der Waals surface area (Å²) in [4.78, 5) is 2.34. The smallest absolute Gasteiger partial charge is 0.0663 e. The number of hydrogen-bond donors (Lipinski definition) is 1. The molecule has 0 radical (unpaired) electrons. The van der Waals surface area contributed by atoms with E-state index in [0.717, 1.165) is 13.2 Å². The number of nitrogens with two attached hydrogens (primary N) is 1. The minimum Gasteiger partial charge on any atom is -0.383 e. The molecule has 1 unspecified atom stereocenters. The van der Waals surface area contributed by atoms with Crippen molar-refractivity contribution in [3.05, 3.63) is 29.3 Å². The molecule has 0 spiro atoms. The van der Waals surface area contributed by atoms with Crippen LogP contribution >= 0.6 is 0 Å². The summed E-state index contributed by atoms with van der Waals surface area (Å²) in [6.45, 7) is 8.78. The molecule has 96 valence electrons. The molecule has 1 aromatic carbocycles. The largest absolute Gasteiger partial charge is 0.383 e. The molecule has 2 N–H and O–H groups in total. The van der Waals surface area contributed by atoms with E-state index in [4.69, 9.17) is 10.5 Å². The van der Waals surface area contributed by atoms with E-state index in [2.05, 4.69) is 43.9 Å². The number of benzene rings is 1. The zero-order chi connectivity index (χ0) is 12.8. The van der Waals surface area contributed by atoms with Gasteiger partial charge in [-0.25, -0.2) is 0 Å². The first-order valence-electron chi connectivity index (χ1n) is 6.19. The second-order valence-electron chi connectivity index (χ2n) is 4.41. The van der Waals surface area contributed by atoms with Gasteiger partial charge in [-0.3, -0.25) is 0 Å². The highest BCUT2D eigenvalue weighted by Crippen LogP contribution is 2.21. The molecule has 0 fully saturated rings. The Bertz CT molecular complexity index is 352. The Balaban J connectivity index is 2.92. The molecule has 0 amide bonds. The first-order chi connectivity index (χ1) is 8.13. The Labute approximate surface area is 105 Å². The SMILES string of the molecule is CCN(c1ccc(CN)c(C)c1)C(C)COC. The van der Waals surface area contributed by atoms with Gasteiger partial charge in [0.25, 0.3) is 0 Å². The maximum atomic E-state index is 5.68. The van der Waals surface area contributed by atoms with Gasteiger partial charge >= 0.3 is 0 Å². The van der Waals surface area contributed by atoms with Crippen molar-refractivity contribution in [2.24, 2.45) is 5.73 Å². The third-order valence-electron chi connectivity index (χ3n) is 3.16. The van der Waals surface area contributed by atoms with Gasteiger partial charge in [0.1, 0.15) is 0 Å². The van der Waals surface area contributed by atoms with Crippen LogP contribution in [-0.2, 0) is 11.3 Å². The zero-order valence-corrected chi connectivity index (χ0v) is 11.4. The lowest BCUT2D eigenvalue weighted by molar-refractivity contribution is 0.182. The number of ether oxygens (including phenoxy) is 1. The Kier molecular flexibility index (Phi) is 5.45. The number of rotatable bonds is 6. The number of aryl methyl sites for hydroxylation is 1. The predicted octanol–water partition coefficient (Wildman–Crippen LogP) is 2.31. The maximum absolute atomic E-state index is 5.68. The molecule has 3 heteroatoms. The van der Waals surface area contributed by atoms with Crippen LogP contribution in [0.3, 0.4) is 0 Å². The Hall–Kier alpha value is -1.06. The molecule has 0 saturated carbocycles. The summed E-state index contributed by atoms with van der Waals surface area (Å²) in [6, 6.07) is 6.85. The number of nitrogens with zero attached hydrogens (tertiary/aromatic N) is 1. The summed E-state index contributed by atoms with van der Waals surface area (Å²) in [6.07, 6.45) is 0. The van der Waals surface area contributed by atoms with Crippen molar-refractivity contribution in [3.63, 3.8) is 0 Å². The van der Waals surface area contributed by atoms with Crippen LogP contribution < -0.4 is 10.6 Å². The quantitative estimate of drug-likeness (QED) is 0.823. The topological polar surface area (TPSA) is 38.5 Å². The van der Waals surface area contributed by atoms with Crippen LogP contribution in [0.1, 0.15) is 25.0 Å². The average molecular weight is 236 g/mol. The summed E-state index contributed by atoms with van der Waals surface area (Å²) in [7, 11) is 1.74. The molecule has 1 atom stereocenters. The van der Waals surface area contributed by atoms with Crippen LogP contribution in [0.25, 0.3) is 0 Å². The highest BCUT2D eigenvalue weighted by molar-refractivity contribution is 5.51. The van der Waals surface area contributed by atoms with Gasteiger partial charge in [0.2, 0.25) is 0 Å². The van der Waals surface area contributed by atoms with Gasteiger partial charge in [-0.05, 0) is 44.0 Å². The minimum absolute atomic E-state index is 0.383. The Morgan fingerprint density at radius 1 is 1.41 bits per heavy atom. The Morgan fingerprint density at radius 3 is 2.59 bits per heavy atom. The van der Waals surface area contributed by atoms with E-state index in [1.165, 1.54) is 16.8 Å². The van der Waals surface area contributed by atoms with Crippen molar-refractivity contribution in [1.82, 2.24) is 0 Å². The van der Waals surface area contributed by atoms with E-state index < -0.39 is 0 Å². The minimum atomic E-state index is 0.383. The van der Waals surface area contributed by atoms with Gasteiger partial charge in [0.15, 0.2) is 0 Å². The summed E-state index contributed by atoms with van der Waals surface area (Å²) < 4.78 is 5.22. The third kappa shape index (κ3) is 3.45. The van der Waals surface area contributed by atoms with Crippen molar-refractivity contribution < 1.29 is 4.74 Å². The predicted molar refractivity (Wildman–Crippen MR) is 73.4 cm³/mol. The fourth-order valence-electron chi connectivity index (χ4n) is 2.17. The van der Waals surface area contributed by atoms with Gasteiger partial charge < -0.3 is 15.4 Å². The van der Waals surface area contributed by atoms with Gasteiger partial charge in [0, 0.05) is 31.9 Å². The van der Waals surface area contributed by atoms with Gasteiger partial charge in [-0.2, -0.15) is 0 Å². The van der Waals surface area contributed by atoms with Gasteiger partial charge in [-0.15, -0.1) is 0 Å². The van der Waals surface area contributed by atoms with E-state index in [1.54, 1.807) is 7.11 Å². The monoisotopic (exact) mass is 236 g/mol. The van der Waals surface area contributed by atoms with Crippen LogP contribution in [0, 0.1) is 6.92 Å². The molecule has 0 aliphatic heterocycles. The number of anilines is 1. The first kappa shape index (κ1) is 14.0. The maximum Gasteiger partial charge on any atom is 0.0663 e. The molecule has 0 heterocycles. The van der Waals surface area contributed by atoms with E-state index in [0.29, 0.717) is 12.6 Å². The van der Waals surface area contributed by atoms with E-state index in [1.807, 2.05) is 0 Å². The summed E-state index contributed by atoms with van der Waals surface area (Å²) in [5, 5.41) is 0. The summed E-state index contributed by atoms with van der Waals surface area (Å²) in [5.41, 5.74) is 9.40. The molecule has 0 aromatic heterocycles. The fourth-order valence-corrected chi connectivity index (χ4v) is 2.17. The molecule has 1 rings (SSSR count). The van der Waals surface area contributed by atoms with Gasteiger partial charge in [-0.1, -0.05) is 6.07 Å². The molecule has 17 heavy (non-hydrogen) atoms. The van der Waals surface area contributed by atoms with Crippen LogP contribution in [0.15, 0.2) is 18.2 Å². The third-order valence-corrected chi connectivity index (χ3v) is 3.16. The second-order valence-corrected chi connectivity index (χ2v) is 4.41. The van der Waals surface area contributed by atoms with E-state index >= 15 is 0 Å². The lowest BCUT2D eigenvalue weighted by Gasteiger charge is -2.30. The van der Waals surface area contributed by atoms with E-state index in [-0.39, 0.29) is 0 Å². The number of methoxy groups -OCH3 is 1. The number of hydrogen-bond acceptors (Lipinski definition) is 3. The van der Waals surface area contributed by atoms with Gasteiger partial charge in [0.05, 0.1) is 6.61 Å². The van der Waals surface area contributed by atoms with Crippen LogP contribution in [-0.4, -0.2) is 26.3 Å². The normalized spacial score (nSPS) is 12.5. The van der Waals surface area contributed by atoms with Crippen molar-refractivity contribution >= 4 is 5.69 Å². The first-order valence-corrected chi connectivity index (χ1v) is 6.19. The highest BCUT2D eigenvalue weighted by atomic mass is 16.5. The van der Waals surface area contributed by atoms with Crippen molar-refractivity contribution in [2.45, 2.75) is 33.4 Å². The summed E-state index contributed by atoms with van der Waals surface area (Å²) >= 11 is 0.